The van der Waals surface area contributed by atoms with E-state index in [9.17, 15) is 0 Å². The average molecular weight is 161 g/mol. The molecule has 0 aromatic heterocycles. The van der Waals surface area contributed by atoms with Gasteiger partial charge in [-0.3, -0.25) is 0 Å². The van der Waals surface area contributed by atoms with E-state index >= 15 is 0 Å². The highest BCUT2D eigenvalue weighted by Gasteiger charge is 1.94. The topological polar surface area (TPSA) is 21.3 Å². The van der Waals surface area contributed by atoms with Gasteiger partial charge in [-0.1, -0.05) is 13.8 Å². The molecule has 1 N–H and O–H groups in total. The average Bonchev–Trinajstić information content (AvgIpc) is 2.12. The lowest BCUT2D eigenvalue weighted by Gasteiger charge is -2.08. The van der Waals surface area contributed by atoms with Crippen molar-refractivity contribution in [1.29, 1.82) is 0 Å². The lowest BCUT2D eigenvalue weighted by Crippen LogP contribution is -2.03. The summed E-state index contributed by atoms with van der Waals surface area (Å²) in [6.45, 7) is 6.00. The molecular formula is C9H23NO. The third-order valence-corrected chi connectivity index (χ3v) is 1.08. The Morgan fingerprint density at radius 1 is 0.909 bits per heavy atom. The van der Waals surface area contributed by atoms with Crippen molar-refractivity contribution in [3.8, 4) is 0 Å². The summed E-state index contributed by atoms with van der Waals surface area (Å²) in [6, 6.07) is 0. The van der Waals surface area contributed by atoms with Gasteiger partial charge in [0.1, 0.15) is 0 Å². The van der Waals surface area contributed by atoms with Gasteiger partial charge in [0, 0.05) is 13.2 Å². The molecule has 11 heavy (non-hydrogen) atoms. The summed E-state index contributed by atoms with van der Waals surface area (Å²) >= 11 is 0. The van der Waals surface area contributed by atoms with Crippen LogP contribution in [0, 0.1) is 0 Å². The van der Waals surface area contributed by atoms with E-state index in [1.54, 1.807) is 0 Å². The maximum absolute atomic E-state index is 5.07. The van der Waals surface area contributed by atoms with Crippen molar-refractivity contribution in [1.82, 2.24) is 5.32 Å². The molecule has 1 fully saturated rings. The second-order valence-corrected chi connectivity index (χ2v) is 2.17. The molecule has 1 saturated heterocycles. The maximum Gasteiger partial charge on any atom is 0.0466 e. The Hall–Kier alpha value is -0.0800. The molecule has 1 rings (SSSR count). The van der Waals surface area contributed by atoms with Crippen molar-refractivity contribution in [3.05, 3.63) is 0 Å². The fraction of sp³-hybridized carbons (Fsp3) is 1.00. The normalized spacial score (nSPS) is 15.3. The zero-order valence-corrected chi connectivity index (χ0v) is 8.44. The van der Waals surface area contributed by atoms with Crippen LogP contribution < -0.4 is 5.32 Å². The summed E-state index contributed by atoms with van der Waals surface area (Å²) in [5.74, 6) is 0. The van der Waals surface area contributed by atoms with E-state index in [4.69, 9.17) is 4.74 Å². The fourth-order valence-electron chi connectivity index (χ4n) is 0.687. The molecule has 0 atom stereocenters. The minimum atomic E-state index is 1.00. The summed E-state index contributed by atoms with van der Waals surface area (Å²) in [6.07, 6.45) is 3.93. The number of hydrogen-bond acceptors (Lipinski definition) is 2. The van der Waals surface area contributed by atoms with E-state index in [0.29, 0.717) is 0 Å². The van der Waals surface area contributed by atoms with Gasteiger partial charge in [-0.25, -0.2) is 0 Å². The molecule has 70 valence electrons. The van der Waals surface area contributed by atoms with Gasteiger partial charge in [-0.05, 0) is 33.4 Å². The smallest absolute Gasteiger partial charge is 0.0466 e. The summed E-state index contributed by atoms with van der Waals surface area (Å²) in [5.41, 5.74) is 0. The van der Waals surface area contributed by atoms with Crippen LogP contribution in [0.15, 0.2) is 0 Å². The molecule has 0 unspecified atom stereocenters. The highest BCUT2D eigenvalue weighted by Crippen LogP contribution is 2.02. The minimum Gasteiger partial charge on any atom is -0.381 e. The molecule has 1 aliphatic rings. The Labute approximate surface area is 71.3 Å². The summed E-state index contributed by atoms with van der Waals surface area (Å²) in [7, 11) is 3.75. The summed E-state index contributed by atoms with van der Waals surface area (Å²) in [5, 5.41) is 2.75. The van der Waals surface area contributed by atoms with Crippen molar-refractivity contribution in [2.45, 2.75) is 33.1 Å². The molecule has 2 heteroatoms. The van der Waals surface area contributed by atoms with E-state index in [2.05, 4.69) is 5.32 Å². The largest absolute Gasteiger partial charge is 0.381 e. The summed E-state index contributed by atoms with van der Waals surface area (Å²) in [4.78, 5) is 0. The Kier molecular flexibility index (Phi) is 20.2. The lowest BCUT2D eigenvalue weighted by molar-refractivity contribution is 0.0968. The fourth-order valence-corrected chi connectivity index (χ4v) is 0.687. The molecule has 2 nitrogen and oxygen atoms in total. The van der Waals surface area contributed by atoms with Gasteiger partial charge in [0.15, 0.2) is 0 Å². The van der Waals surface area contributed by atoms with Crippen LogP contribution in [0.5, 0.6) is 0 Å². The van der Waals surface area contributed by atoms with Crippen LogP contribution >= 0.6 is 0 Å². The van der Waals surface area contributed by atoms with E-state index in [0.717, 1.165) is 13.2 Å². The van der Waals surface area contributed by atoms with Gasteiger partial charge in [-0.2, -0.15) is 0 Å². The molecule has 0 saturated carbocycles. The highest BCUT2D eigenvalue weighted by molar-refractivity contribution is 4.45. The molecule has 0 aromatic rings. The van der Waals surface area contributed by atoms with Gasteiger partial charge in [0.05, 0.1) is 0 Å². The van der Waals surface area contributed by atoms with Gasteiger partial charge in [0.25, 0.3) is 0 Å². The van der Waals surface area contributed by atoms with Crippen molar-refractivity contribution >= 4 is 0 Å². The maximum atomic E-state index is 5.07. The van der Waals surface area contributed by atoms with Gasteiger partial charge < -0.3 is 10.1 Å². The quantitative estimate of drug-likeness (QED) is 0.587. The van der Waals surface area contributed by atoms with Crippen LogP contribution in [-0.4, -0.2) is 27.3 Å². The van der Waals surface area contributed by atoms with Crippen LogP contribution in [0.25, 0.3) is 0 Å². The third-order valence-electron chi connectivity index (χ3n) is 1.08. The Balaban J connectivity index is 0. The number of ether oxygens (including phenoxy) is 1. The van der Waals surface area contributed by atoms with Crippen LogP contribution in [0.3, 0.4) is 0 Å². The molecule has 0 bridgehead atoms. The molecule has 1 aliphatic heterocycles. The first-order valence-electron chi connectivity index (χ1n) is 4.58. The van der Waals surface area contributed by atoms with Gasteiger partial charge in [0.2, 0.25) is 0 Å². The number of rotatable bonds is 0. The predicted molar refractivity (Wildman–Crippen MR) is 51.0 cm³/mol. The zero-order chi connectivity index (χ0) is 8.95. The molecular weight excluding hydrogens is 138 g/mol. The van der Waals surface area contributed by atoms with E-state index < -0.39 is 0 Å². The molecule has 1 heterocycles. The van der Waals surface area contributed by atoms with Crippen LogP contribution in [-0.2, 0) is 4.74 Å². The van der Waals surface area contributed by atoms with E-state index in [1.807, 2.05) is 27.9 Å². The first-order valence-corrected chi connectivity index (χ1v) is 4.58. The zero-order valence-electron chi connectivity index (χ0n) is 8.44. The molecule has 0 aromatic carbocycles. The minimum absolute atomic E-state index is 1.00. The first-order chi connectivity index (χ1) is 5.41. The Bertz CT molecular complexity index is 33.3. The molecule has 0 aliphatic carbocycles. The highest BCUT2D eigenvalue weighted by atomic mass is 16.5. The predicted octanol–water partition coefficient (Wildman–Crippen LogP) is 2.05. The summed E-state index contributed by atoms with van der Waals surface area (Å²) < 4.78 is 5.07. The van der Waals surface area contributed by atoms with Crippen LogP contribution in [0.1, 0.15) is 33.1 Å². The standard InChI is InChI=1S/C5H10O.C2H7N.C2H6/c1-2-4-6-5-3-1;1-3-2;1-2/h1-5H2;3H,1-2H3;1-2H3. The number of nitrogens with one attached hydrogen (secondary N) is 1. The number of hydrogen-bond donors (Lipinski definition) is 1. The molecule has 0 radical (unpaired) electrons. The van der Waals surface area contributed by atoms with Crippen molar-refractivity contribution < 1.29 is 4.74 Å². The van der Waals surface area contributed by atoms with E-state index in [-0.39, 0.29) is 0 Å². The van der Waals surface area contributed by atoms with Crippen LogP contribution in [0.4, 0.5) is 0 Å². The first kappa shape index (κ1) is 13.5. The second kappa shape index (κ2) is 16.5. The van der Waals surface area contributed by atoms with Gasteiger partial charge in [-0.15, -0.1) is 0 Å². The monoisotopic (exact) mass is 161 g/mol. The Morgan fingerprint density at radius 3 is 1.36 bits per heavy atom. The second-order valence-electron chi connectivity index (χ2n) is 2.17. The Morgan fingerprint density at radius 2 is 1.27 bits per heavy atom. The van der Waals surface area contributed by atoms with Crippen molar-refractivity contribution in [2.24, 2.45) is 0 Å². The molecule has 0 amide bonds. The van der Waals surface area contributed by atoms with Gasteiger partial charge >= 0.3 is 0 Å². The molecule has 0 spiro atoms. The van der Waals surface area contributed by atoms with Crippen LogP contribution in [0.2, 0.25) is 0 Å². The van der Waals surface area contributed by atoms with Crippen molar-refractivity contribution in [2.75, 3.05) is 27.3 Å². The van der Waals surface area contributed by atoms with Crippen molar-refractivity contribution in [3.63, 3.8) is 0 Å². The SMILES string of the molecule is C1CCOCC1.CC.CNC. The lowest BCUT2D eigenvalue weighted by atomic mass is 10.2. The van der Waals surface area contributed by atoms with E-state index in [1.165, 1.54) is 19.3 Å². The third kappa shape index (κ3) is 17.8.